The van der Waals surface area contributed by atoms with Gasteiger partial charge in [0.25, 0.3) is 11.7 Å². The standard InChI is InChI=1S/C14H15F3N6O3S/c1-27(25,26)22-8-6-21(7-9-22)13(24)12-18-20-23(19-12)11-4-2-10(3-5-11)14(15,16)17/h2-5H,6-9H2,1H3. The number of sulfonamides is 1. The monoisotopic (exact) mass is 404 g/mol. The van der Waals surface area contributed by atoms with Gasteiger partial charge in [-0.3, -0.25) is 4.79 Å². The molecule has 0 unspecified atom stereocenters. The molecular formula is C14H15F3N6O3S. The average molecular weight is 404 g/mol. The zero-order valence-electron chi connectivity index (χ0n) is 14.1. The summed E-state index contributed by atoms with van der Waals surface area (Å²) in [5.74, 6) is -0.746. The molecule has 0 saturated carbocycles. The van der Waals surface area contributed by atoms with Crippen LogP contribution < -0.4 is 0 Å². The van der Waals surface area contributed by atoms with Crippen LogP contribution in [0.1, 0.15) is 16.2 Å². The van der Waals surface area contributed by atoms with Crippen molar-refractivity contribution >= 4 is 15.9 Å². The maximum atomic E-state index is 12.6. The van der Waals surface area contributed by atoms with Crippen LogP contribution in [-0.2, 0) is 16.2 Å². The van der Waals surface area contributed by atoms with Gasteiger partial charge in [0.2, 0.25) is 10.0 Å². The summed E-state index contributed by atoms with van der Waals surface area (Å²) in [7, 11) is -3.32. The van der Waals surface area contributed by atoms with E-state index in [1.807, 2.05) is 0 Å². The van der Waals surface area contributed by atoms with Crippen molar-refractivity contribution in [2.75, 3.05) is 32.4 Å². The number of alkyl halides is 3. The van der Waals surface area contributed by atoms with E-state index in [4.69, 9.17) is 0 Å². The highest BCUT2D eigenvalue weighted by molar-refractivity contribution is 7.88. The number of carbonyl (C=O) groups excluding carboxylic acids is 1. The third-order valence-corrected chi connectivity index (χ3v) is 5.33. The van der Waals surface area contributed by atoms with Crippen LogP contribution in [0.15, 0.2) is 24.3 Å². The molecule has 0 radical (unpaired) electrons. The van der Waals surface area contributed by atoms with E-state index in [0.717, 1.165) is 23.2 Å². The highest BCUT2D eigenvalue weighted by Gasteiger charge is 2.31. The molecule has 13 heteroatoms. The van der Waals surface area contributed by atoms with Gasteiger partial charge in [-0.05, 0) is 29.5 Å². The second kappa shape index (κ2) is 6.88. The van der Waals surface area contributed by atoms with Gasteiger partial charge in [0, 0.05) is 26.2 Å². The van der Waals surface area contributed by atoms with E-state index in [1.165, 1.54) is 21.3 Å². The lowest BCUT2D eigenvalue weighted by Crippen LogP contribution is -2.50. The number of aromatic nitrogens is 4. The van der Waals surface area contributed by atoms with Crippen LogP contribution in [0, 0.1) is 0 Å². The Hall–Kier alpha value is -2.54. The van der Waals surface area contributed by atoms with Gasteiger partial charge in [-0.1, -0.05) is 0 Å². The Kier molecular flexibility index (Phi) is 4.90. The summed E-state index contributed by atoms with van der Waals surface area (Å²) in [6.07, 6.45) is -3.36. The molecule has 0 aliphatic carbocycles. The Morgan fingerprint density at radius 3 is 2.19 bits per heavy atom. The Balaban J connectivity index is 1.70. The van der Waals surface area contributed by atoms with Gasteiger partial charge in [-0.2, -0.15) is 17.5 Å². The molecule has 2 heterocycles. The van der Waals surface area contributed by atoms with Crippen LogP contribution in [-0.4, -0.2) is 76.2 Å². The smallest absolute Gasteiger partial charge is 0.333 e. The third-order valence-electron chi connectivity index (χ3n) is 4.03. The first kappa shape index (κ1) is 19.2. The summed E-state index contributed by atoms with van der Waals surface area (Å²) >= 11 is 0. The lowest BCUT2D eigenvalue weighted by Gasteiger charge is -2.32. The normalized spacial score (nSPS) is 16.5. The van der Waals surface area contributed by atoms with E-state index < -0.39 is 27.7 Å². The fraction of sp³-hybridized carbons (Fsp3) is 0.429. The van der Waals surface area contributed by atoms with Gasteiger partial charge < -0.3 is 4.90 Å². The second-order valence-electron chi connectivity index (χ2n) is 5.90. The van der Waals surface area contributed by atoms with Gasteiger partial charge in [0.15, 0.2) is 0 Å². The molecule has 1 aliphatic rings. The predicted octanol–water partition coefficient (Wildman–Crippen LogP) is 0.399. The molecule has 3 rings (SSSR count). The minimum Gasteiger partial charge on any atom is -0.333 e. The largest absolute Gasteiger partial charge is 0.416 e. The Labute approximate surface area is 152 Å². The summed E-state index contributed by atoms with van der Waals surface area (Å²) in [5.41, 5.74) is -0.595. The summed E-state index contributed by atoms with van der Waals surface area (Å²) < 4.78 is 62.0. The van der Waals surface area contributed by atoms with E-state index >= 15 is 0 Å². The van der Waals surface area contributed by atoms with Crippen molar-refractivity contribution < 1.29 is 26.4 Å². The van der Waals surface area contributed by atoms with Crippen molar-refractivity contribution in [3.05, 3.63) is 35.7 Å². The van der Waals surface area contributed by atoms with Crippen LogP contribution in [0.2, 0.25) is 0 Å². The SMILES string of the molecule is CS(=O)(=O)N1CCN(C(=O)c2nnn(-c3ccc(C(F)(F)F)cc3)n2)CC1. The van der Waals surface area contributed by atoms with Crippen LogP contribution in [0.3, 0.4) is 0 Å². The van der Waals surface area contributed by atoms with E-state index in [-0.39, 0.29) is 37.7 Å². The van der Waals surface area contributed by atoms with Crippen molar-refractivity contribution in [3.8, 4) is 5.69 Å². The van der Waals surface area contributed by atoms with Crippen LogP contribution in [0.25, 0.3) is 5.69 Å². The molecule has 1 fully saturated rings. The molecule has 0 N–H and O–H groups in total. The minimum absolute atomic E-state index is 0.164. The first-order valence-electron chi connectivity index (χ1n) is 7.78. The zero-order valence-corrected chi connectivity index (χ0v) is 14.9. The van der Waals surface area contributed by atoms with Crippen LogP contribution in [0.4, 0.5) is 13.2 Å². The maximum absolute atomic E-state index is 12.6. The highest BCUT2D eigenvalue weighted by Crippen LogP contribution is 2.29. The number of rotatable bonds is 3. The molecule has 1 saturated heterocycles. The van der Waals surface area contributed by atoms with Crippen molar-refractivity contribution in [2.24, 2.45) is 0 Å². The minimum atomic E-state index is -4.45. The molecule has 146 valence electrons. The Morgan fingerprint density at radius 2 is 1.67 bits per heavy atom. The van der Waals surface area contributed by atoms with E-state index in [0.29, 0.717) is 0 Å². The molecular weight excluding hydrogens is 389 g/mol. The van der Waals surface area contributed by atoms with Crippen molar-refractivity contribution in [1.82, 2.24) is 29.4 Å². The van der Waals surface area contributed by atoms with Crippen molar-refractivity contribution in [2.45, 2.75) is 6.18 Å². The van der Waals surface area contributed by atoms with Gasteiger partial charge in [0.05, 0.1) is 17.5 Å². The first-order valence-corrected chi connectivity index (χ1v) is 9.62. The number of nitrogens with zero attached hydrogens (tertiary/aromatic N) is 6. The number of amides is 1. The number of piperazine rings is 1. The molecule has 1 aromatic heterocycles. The summed E-state index contributed by atoms with van der Waals surface area (Å²) in [6.45, 7) is 0.691. The molecule has 0 atom stereocenters. The molecule has 0 bridgehead atoms. The van der Waals surface area contributed by atoms with Gasteiger partial charge >= 0.3 is 6.18 Å². The number of halogens is 3. The maximum Gasteiger partial charge on any atom is 0.416 e. The van der Waals surface area contributed by atoms with Crippen molar-refractivity contribution in [1.29, 1.82) is 0 Å². The highest BCUT2D eigenvalue weighted by atomic mass is 32.2. The van der Waals surface area contributed by atoms with Gasteiger partial charge in [-0.25, -0.2) is 8.42 Å². The second-order valence-corrected chi connectivity index (χ2v) is 7.88. The van der Waals surface area contributed by atoms with Crippen LogP contribution >= 0.6 is 0 Å². The van der Waals surface area contributed by atoms with Gasteiger partial charge in [0.1, 0.15) is 0 Å². The molecule has 27 heavy (non-hydrogen) atoms. The van der Waals surface area contributed by atoms with Gasteiger partial charge in [-0.15, -0.1) is 15.0 Å². The lowest BCUT2D eigenvalue weighted by atomic mass is 10.2. The van der Waals surface area contributed by atoms with E-state index in [9.17, 15) is 26.4 Å². The molecule has 1 amide bonds. The molecule has 2 aromatic rings. The Morgan fingerprint density at radius 1 is 1.07 bits per heavy atom. The number of benzene rings is 1. The average Bonchev–Trinajstić information content (AvgIpc) is 3.10. The summed E-state index contributed by atoms with van der Waals surface area (Å²) in [4.78, 5) is 14.8. The number of carbonyl (C=O) groups is 1. The third kappa shape index (κ3) is 4.24. The number of hydrogen-bond acceptors (Lipinski definition) is 6. The molecule has 9 nitrogen and oxygen atoms in total. The lowest BCUT2D eigenvalue weighted by molar-refractivity contribution is -0.137. The Bertz CT molecular complexity index is 934. The van der Waals surface area contributed by atoms with E-state index in [1.54, 1.807) is 0 Å². The molecule has 1 aliphatic heterocycles. The summed E-state index contributed by atoms with van der Waals surface area (Å²) in [5, 5.41) is 11.2. The fourth-order valence-corrected chi connectivity index (χ4v) is 3.38. The predicted molar refractivity (Wildman–Crippen MR) is 86.5 cm³/mol. The number of hydrogen-bond donors (Lipinski definition) is 0. The zero-order chi connectivity index (χ0) is 19.8. The number of tetrazole rings is 1. The quantitative estimate of drug-likeness (QED) is 0.734. The molecule has 1 aromatic carbocycles. The van der Waals surface area contributed by atoms with Crippen LogP contribution in [0.5, 0.6) is 0 Å². The molecule has 0 spiro atoms. The fourth-order valence-electron chi connectivity index (χ4n) is 2.56. The first-order chi connectivity index (χ1) is 12.6. The van der Waals surface area contributed by atoms with E-state index in [2.05, 4.69) is 15.4 Å². The van der Waals surface area contributed by atoms with Crippen molar-refractivity contribution in [3.63, 3.8) is 0 Å². The topological polar surface area (TPSA) is 101 Å². The summed E-state index contributed by atoms with van der Waals surface area (Å²) in [6, 6.07) is 4.10.